The highest BCUT2D eigenvalue weighted by molar-refractivity contribution is 6.32. The van der Waals surface area contributed by atoms with Crippen LogP contribution in [0.4, 0.5) is 0 Å². The van der Waals surface area contributed by atoms with Gasteiger partial charge in [0.15, 0.2) is 0 Å². The zero-order valence-corrected chi connectivity index (χ0v) is 14.6. The van der Waals surface area contributed by atoms with E-state index in [0.717, 1.165) is 29.7 Å². The van der Waals surface area contributed by atoms with E-state index in [0.29, 0.717) is 22.9 Å². The normalized spacial score (nSPS) is 15.2. The minimum atomic E-state index is -0.465. The number of benzene rings is 2. The minimum Gasteiger partial charge on any atom is -0.494 e. The number of hydrogen-bond acceptors (Lipinski definition) is 4. The lowest BCUT2D eigenvalue weighted by Crippen LogP contribution is -2.06. The smallest absolute Gasteiger partial charge is 0.368 e. The molecule has 0 aliphatic carbocycles. The van der Waals surface area contributed by atoms with Crippen molar-refractivity contribution in [2.45, 2.75) is 19.8 Å². The van der Waals surface area contributed by atoms with Gasteiger partial charge in [0.2, 0.25) is 0 Å². The lowest BCUT2D eigenvalue weighted by molar-refractivity contribution is -0.136. The van der Waals surface area contributed by atoms with Gasteiger partial charge in [-0.3, -0.25) is 0 Å². The molecule has 1 aliphatic heterocycles. The second-order valence-corrected chi connectivity index (χ2v) is 6.09. The Hall–Kier alpha value is -2.59. The highest BCUT2D eigenvalue weighted by Gasteiger charge is 2.26. The van der Waals surface area contributed by atoms with Crippen molar-refractivity contribution in [2.24, 2.45) is 5.16 Å². The van der Waals surface area contributed by atoms with Crippen molar-refractivity contribution in [1.29, 1.82) is 0 Å². The van der Waals surface area contributed by atoms with Gasteiger partial charge in [-0.2, -0.15) is 0 Å². The number of carbonyl (C=O) groups is 1. The summed E-state index contributed by atoms with van der Waals surface area (Å²) >= 11 is 5.91. The van der Waals surface area contributed by atoms with E-state index in [-0.39, 0.29) is 0 Å². The zero-order valence-electron chi connectivity index (χ0n) is 13.9. The van der Waals surface area contributed by atoms with E-state index >= 15 is 0 Å². The Balaban J connectivity index is 1.79. The third-order valence-corrected chi connectivity index (χ3v) is 4.02. The number of nitrogens with zero attached hydrogens (tertiary/aromatic N) is 1. The molecule has 2 aromatic carbocycles. The van der Waals surface area contributed by atoms with Gasteiger partial charge in [0.05, 0.1) is 12.2 Å². The van der Waals surface area contributed by atoms with Crippen molar-refractivity contribution in [3.8, 4) is 5.75 Å². The molecule has 0 bridgehead atoms. The predicted molar refractivity (Wildman–Crippen MR) is 98.9 cm³/mol. The minimum absolute atomic E-state index is 0.418. The maximum atomic E-state index is 12.0. The van der Waals surface area contributed by atoms with Gasteiger partial charge in [-0.25, -0.2) is 4.79 Å². The maximum absolute atomic E-state index is 12.0. The molecule has 0 aromatic heterocycles. The van der Waals surface area contributed by atoms with Crippen molar-refractivity contribution < 1.29 is 14.4 Å². The number of oxime groups is 1. The first-order valence-electron chi connectivity index (χ1n) is 8.17. The Morgan fingerprint density at radius 2 is 1.84 bits per heavy atom. The average Bonchev–Trinajstić information content (AvgIpc) is 2.98. The van der Waals surface area contributed by atoms with Crippen molar-refractivity contribution in [2.75, 3.05) is 6.61 Å². The summed E-state index contributed by atoms with van der Waals surface area (Å²) in [7, 11) is 0. The van der Waals surface area contributed by atoms with Crippen LogP contribution in [-0.4, -0.2) is 18.3 Å². The molecule has 3 rings (SSSR count). The molecule has 0 atom stereocenters. The lowest BCUT2D eigenvalue weighted by Gasteiger charge is -2.05. The number of rotatable bonds is 6. The van der Waals surface area contributed by atoms with Gasteiger partial charge in [0.1, 0.15) is 11.5 Å². The van der Waals surface area contributed by atoms with Gasteiger partial charge >= 0.3 is 5.97 Å². The van der Waals surface area contributed by atoms with Crippen molar-refractivity contribution in [3.05, 3.63) is 70.3 Å². The van der Waals surface area contributed by atoms with Crippen molar-refractivity contribution >= 4 is 29.4 Å². The SMILES string of the molecule is CCCCOc1ccc(/C=C2\C(=O)ON=C2c2ccc(Cl)cc2)cc1. The van der Waals surface area contributed by atoms with Gasteiger partial charge in [0.25, 0.3) is 0 Å². The summed E-state index contributed by atoms with van der Waals surface area (Å²) in [5.74, 6) is 0.351. The average molecular weight is 356 g/mol. The van der Waals surface area contributed by atoms with Crippen LogP contribution < -0.4 is 4.74 Å². The molecular formula is C20H18ClNO3. The van der Waals surface area contributed by atoms with Gasteiger partial charge < -0.3 is 9.57 Å². The summed E-state index contributed by atoms with van der Waals surface area (Å²) < 4.78 is 5.65. The molecular weight excluding hydrogens is 338 g/mol. The van der Waals surface area contributed by atoms with Crippen LogP contribution in [0, 0.1) is 0 Å². The standard InChI is InChI=1S/C20H18ClNO3/c1-2-3-12-24-17-10-4-14(5-11-17)13-18-19(22-25-20(18)23)15-6-8-16(21)9-7-15/h4-11,13H,2-3,12H2,1H3/b18-13-. The van der Waals surface area contributed by atoms with Crippen molar-refractivity contribution in [3.63, 3.8) is 0 Å². The number of ether oxygens (including phenoxy) is 1. The predicted octanol–water partition coefficient (Wildman–Crippen LogP) is 4.86. The summed E-state index contributed by atoms with van der Waals surface area (Å²) in [6, 6.07) is 14.7. The van der Waals surface area contributed by atoms with E-state index in [1.54, 1.807) is 18.2 Å². The summed E-state index contributed by atoms with van der Waals surface area (Å²) in [6.45, 7) is 2.83. The van der Waals surface area contributed by atoms with Crippen LogP contribution in [0.25, 0.3) is 6.08 Å². The summed E-state index contributed by atoms with van der Waals surface area (Å²) in [6.07, 6.45) is 3.89. The molecule has 0 N–H and O–H groups in total. The highest BCUT2D eigenvalue weighted by atomic mass is 35.5. The molecule has 25 heavy (non-hydrogen) atoms. The summed E-state index contributed by atoms with van der Waals surface area (Å²) in [5.41, 5.74) is 2.58. The van der Waals surface area contributed by atoms with E-state index in [9.17, 15) is 4.79 Å². The number of carbonyl (C=O) groups excluding carboxylic acids is 1. The van der Waals surface area contributed by atoms with Crippen LogP contribution in [0.2, 0.25) is 5.02 Å². The fraction of sp³-hybridized carbons (Fsp3) is 0.200. The molecule has 0 spiro atoms. The Bertz CT molecular complexity index is 808. The number of unbranched alkanes of at least 4 members (excludes halogenated alkanes) is 1. The molecule has 128 valence electrons. The summed E-state index contributed by atoms with van der Waals surface area (Å²) in [4.78, 5) is 16.9. The van der Waals surface area contributed by atoms with Gasteiger partial charge in [0, 0.05) is 10.6 Å². The van der Waals surface area contributed by atoms with Gasteiger partial charge in [-0.05, 0) is 42.3 Å². The first kappa shape index (κ1) is 17.2. The van der Waals surface area contributed by atoms with Crippen LogP contribution in [0.3, 0.4) is 0 Å². The molecule has 0 fully saturated rings. The van der Waals surface area contributed by atoms with Gasteiger partial charge in [-0.1, -0.05) is 54.4 Å². The van der Waals surface area contributed by atoms with Crippen LogP contribution in [-0.2, 0) is 9.63 Å². The van der Waals surface area contributed by atoms with Crippen LogP contribution in [0.5, 0.6) is 5.75 Å². The van der Waals surface area contributed by atoms with E-state index < -0.39 is 5.97 Å². The van der Waals surface area contributed by atoms with Gasteiger partial charge in [-0.15, -0.1) is 0 Å². The van der Waals surface area contributed by atoms with E-state index in [1.165, 1.54) is 0 Å². The summed E-state index contributed by atoms with van der Waals surface area (Å²) in [5, 5.41) is 4.52. The molecule has 0 saturated carbocycles. The molecule has 2 aromatic rings. The van der Waals surface area contributed by atoms with Crippen LogP contribution in [0.1, 0.15) is 30.9 Å². The molecule has 0 saturated heterocycles. The fourth-order valence-corrected chi connectivity index (χ4v) is 2.51. The Morgan fingerprint density at radius 3 is 2.52 bits per heavy atom. The van der Waals surface area contributed by atoms with Crippen LogP contribution in [0.15, 0.2) is 59.3 Å². The Labute approximate surface area is 151 Å². The number of hydrogen-bond donors (Lipinski definition) is 0. The molecule has 0 amide bonds. The molecule has 0 unspecified atom stereocenters. The second kappa shape index (κ2) is 7.99. The number of halogens is 1. The second-order valence-electron chi connectivity index (χ2n) is 5.65. The molecule has 0 radical (unpaired) electrons. The van der Waals surface area contributed by atoms with Crippen molar-refractivity contribution in [1.82, 2.24) is 0 Å². The highest BCUT2D eigenvalue weighted by Crippen LogP contribution is 2.23. The fourth-order valence-electron chi connectivity index (χ4n) is 2.39. The lowest BCUT2D eigenvalue weighted by atomic mass is 10.0. The monoisotopic (exact) mass is 355 g/mol. The largest absolute Gasteiger partial charge is 0.494 e. The molecule has 1 aliphatic rings. The Kier molecular flexibility index (Phi) is 5.51. The maximum Gasteiger partial charge on any atom is 0.368 e. The third-order valence-electron chi connectivity index (χ3n) is 3.77. The van der Waals surface area contributed by atoms with Crippen LogP contribution >= 0.6 is 11.6 Å². The first-order chi connectivity index (χ1) is 12.2. The molecule has 1 heterocycles. The first-order valence-corrected chi connectivity index (χ1v) is 8.55. The zero-order chi connectivity index (χ0) is 17.6. The topological polar surface area (TPSA) is 47.9 Å². The van der Waals surface area contributed by atoms with E-state index in [1.807, 2.05) is 36.4 Å². The van der Waals surface area contributed by atoms with E-state index in [2.05, 4.69) is 12.1 Å². The molecule has 5 heteroatoms. The quantitative estimate of drug-likeness (QED) is 0.422. The third kappa shape index (κ3) is 4.28. The van der Waals surface area contributed by atoms with E-state index in [4.69, 9.17) is 21.2 Å². The Morgan fingerprint density at radius 1 is 1.12 bits per heavy atom. The molecule has 4 nitrogen and oxygen atoms in total.